The highest BCUT2D eigenvalue weighted by Gasteiger charge is 2.32. The first-order chi connectivity index (χ1) is 15.3. The summed E-state index contributed by atoms with van der Waals surface area (Å²) >= 11 is 1.61. The second-order valence-corrected chi connectivity index (χ2v) is 11.1. The normalized spacial score (nSPS) is 15.1. The molecule has 0 radical (unpaired) electrons. The van der Waals surface area contributed by atoms with Crippen LogP contribution in [0, 0.1) is 13.8 Å². The molecule has 0 aliphatic carbocycles. The first-order valence-corrected chi connectivity index (χ1v) is 13.0. The van der Waals surface area contributed by atoms with Crippen LogP contribution in [-0.4, -0.2) is 46.0 Å². The fourth-order valence-electron chi connectivity index (χ4n) is 4.09. The summed E-state index contributed by atoms with van der Waals surface area (Å²) in [6, 6.07) is 11.2. The number of rotatable bonds is 6. The summed E-state index contributed by atoms with van der Waals surface area (Å²) in [5.41, 5.74) is 4.54. The van der Waals surface area contributed by atoms with Crippen molar-refractivity contribution < 1.29 is 17.9 Å². The van der Waals surface area contributed by atoms with Crippen LogP contribution < -0.4 is 14.4 Å². The fourth-order valence-corrected chi connectivity index (χ4v) is 6.71. The lowest BCUT2D eigenvalue weighted by Crippen LogP contribution is -2.39. The van der Waals surface area contributed by atoms with Crippen LogP contribution in [0.3, 0.4) is 0 Å². The minimum Gasteiger partial charge on any atom is -0.493 e. The van der Waals surface area contributed by atoms with E-state index in [4.69, 9.17) is 14.5 Å². The zero-order valence-electron chi connectivity index (χ0n) is 18.8. The van der Waals surface area contributed by atoms with Crippen molar-refractivity contribution in [3.63, 3.8) is 0 Å². The van der Waals surface area contributed by atoms with Gasteiger partial charge in [0.15, 0.2) is 26.5 Å². The van der Waals surface area contributed by atoms with E-state index in [0.29, 0.717) is 37.4 Å². The summed E-state index contributed by atoms with van der Waals surface area (Å²) < 4.78 is 37.0. The molecule has 0 atom stereocenters. The highest BCUT2D eigenvalue weighted by atomic mass is 32.2. The van der Waals surface area contributed by atoms with Gasteiger partial charge in [-0.15, -0.1) is 11.3 Å². The van der Waals surface area contributed by atoms with Gasteiger partial charge in [0.05, 0.1) is 30.1 Å². The Labute approximate surface area is 193 Å². The lowest BCUT2D eigenvalue weighted by Gasteiger charge is -2.31. The van der Waals surface area contributed by atoms with E-state index >= 15 is 0 Å². The zero-order chi connectivity index (χ0) is 22.9. The molecule has 0 spiro atoms. The number of nitrogens with zero attached hydrogens (tertiary/aromatic N) is 2. The first kappa shape index (κ1) is 22.6. The number of methoxy groups -OCH3 is 2. The molecule has 0 N–H and O–H groups in total. The molecule has 2 heterocycles. The molecular weight excluding hydrogens is 444 g/mol. The predicted octanol–water partition coefficient (Wildman–Crippen LogP) is 4.89. The standard InChI is InChI=1S/C24H28N2O4S2/c1-16-5-6-17(2)20(13-16)21-15-31-24(25-21)26-11-9-18(10-12-26)32(27,28)19-7-8-22(29-3)23(14-19)30-4/h5-8,13-15,18H,9-12H2,1-4H3. The van der Waals surface area contributed by atoms with Crippen molar-refractivity contribution in [3.05, 3.63) is 52.9 Å². The summed E-state index contributed by atoms with van der Waals surface area (Å²) in [4.78, 5) is 7.33. The minimum absolute atomic E-state index is 0.278. The quantitative estimate of drug-likeness (QED) is 0.509. The summed E-state index contributed by atoms with van der Waals surface area (Å²) in [5, 5.41) is 2.61. The van der Waals surface area contributed by atoms with Crippen LogP contribution in [0.5, 0.6) is 11.5 Å². The van der Waals surface area contributed by atoms with E-state index in [-0.39, 0.29) is 4.90 Å². The number of sulfone groups is 1. The Morgan fingerprint density at radius 2 is 1.72 bits per heavy atom. The molecule has 1 fully saturated rings. The van der Waals surface area contributed by atoms with Crippen molar-refractivity contribution in [2.75, 3.05) is 32.2 Å². The molecular formula is C24H28N2O4S2. The van der Waals surface area contributed by atoms with Crippen LogP contribution in [0.15, 0.2) is 46.7 Å². The molecule has 4 rings (SSSR count). The van der Waals surface area contributed by atoms with Gasteiger partial charge in [0.25, 0.3) is 0 Å². The van der Waals surface area contributed by atoms with E-state index < -0.39 is 15.1 Å². The SMILES string of the molecule is COc1ccc(S(=O)(=O)C2CCN(c3nc(-c4cc(C)ccc4C)cs3)CC2)cc1OC. The molecule has 1 aromatic heterocycles. The van der Waals surface area contributed by atoms with Gasteiger partial charge in [-0.2, -0.15) is 0 Å². The van der Waals surface area contributed by atoms with Crippen molar-refractivity contribution in [1.29, 1.82) is 0 Å². The largest absolute Gasteiger partial charge is 0.493 e. The van der Waals surface area contributed by atoms with Gasteiger partial charge >= 0.3 is 0 Å². The van der Waals surface area contributed by atoms with Crippen molar-refractivity contribution in [2.45, 2.75) is 36.8 Å². The molecule has 6 nitrogen and oxygen atoms in total. The number of piperidine rings is 1. The lowest BCUT2D eigenvalue weighted by atomic mass is 10.0. The van der Waals surface area contributed by atoms with Crippen molar-refractivity contribution in [1.82, 2.24) is 4.98 Å². The fraction of sp³-hybridized carbons (Fsp3) is 0.375. The van der Waals surface area contributed by atoms with Crippen molar-refractivity contribution in [2.24, 2.45) is 0 Å². The predicted molar refractivity (Wildman–Crippen MR) is 129 cm³/mol. The van der Waals surface area contributed by atoms with Crippen LogP contribution in [-0.2, 0) is 9.84 Å². The summed E-state index contributed by atoms with van der Waals surface area (Å²) in [5.74, 6) is 0.942. The van der Waals surface area contributed by atoms with Gasteiger partial charge in [-0.1, -0.05) is 17.7 Å². The zero-order valence-corrected chi connectivity index (χ0v) is 20.4. The van der Waals surface area contributed by atoms with Gasteiger partial charge in [0, 0.05) is 30.1 Å². The van der Waals surface area contributed by atoms with Crippen molar-refractivity contribution in [3.8, 4) is 22.8 Å². The third-order valence-electron chi connectivity index (χ3n) is 6.00. The molecule has 0 saturated carbocycles. The van der Waals surface area contributed by atoms with Crippen molar-refractivity contribution >= 4 is 26.3 Å². The summed E-state index contributed by atoms with van der Waals surface area (Å²) in [6.45, 7) is 5.51. The maximum absolute atomic E-state index is 13.2. The second kappa shape index (κ2) is 9.11. The Morgan fingerprint density at radius 1 is 1.00 bits per heavy atom. The number of thiazole rings is 1. The molecule has 32 heavy (non-hydrogen) atoms. The maximum Gasteiger partial charge on any atom is 0.185 e. The van der Waals surface area contributed by atoms with Gasteiger partial charge in [0.2, 0.25) is 0 Å². The molecule has 2 aromatic carbocycles. The highest BCUT2D eigenvalue weighted by Crippen LogP contribution is 2.35. The molecule has 170 valence electrons. The number of aromatic nitrogens is 1. The second-order valence-electron chi connectivity index (χ2n) is 8.08. The third-order valence-corrected chi connectivity index (χ3v) is 9.16. The monoisotopic (exact) mass is 472 g/mol. The Bertz CT molecular complexity index is 1210. The number of aryl methyl sites for hydroxylation is 2. The van der Waals surface area contributed by atoms with E-state index in [1.54, 1.807) is 29.5 Å². The van der Waals surface area contributed by atoms with E-state index in [2.05, 4.69) is 42.3 Å². The smallest absolute Gasteiger partial charge is 0.185 e. The molecule has 0 amide bonds. The minimum atomic E-state index is -3.45. The molecule has 3 aromatic rings. The first-order valence-electron chi connectivity index (χ1n) is 10.6. The Balaban J connectivity index is 1.48. The van der Waals surface area contributed by atoms with E-state index in [0.717, 1.165) is 16.4 Å². The average molecular weight is 473 g/mol. The van der Waals surface area contributed by atoms with Crippen LogP contribution in [0.4, 0.5) is 5.13 Å². The Hall–Kier alpha value is -2.58. The van der Waals surface area contributed by atoms with E-state index in [1.807, 2.05) is 0 Å². The number of ether oxygens (including phenoxy) is 2. The maximum atomic E-state index is 13.2. The highest BCUT2D eigenvalue weighted by molar-refractivity contribution is 7.92. The lowest BCUT2D eigenvalue weighted by molar-refractivity contribution is 0.354. The Kier molecular flexibility index (Phi) is 6.44. The van der Waals surface area contributed by atoms with E-state index in [1.165, 1.54) is 25.3 Å². The van der Waals surface area contributed by atoms with Crippen LogP contribution >= 0.6 is 11.3 Å². The van der Waals surface area contributed by atoms with Crippen LogP contribution in [0.1, 0.15) is 24.0 Å². The molecule has 1 saturated heterocycles. The molecule has 0 bridgehead atoms. The average Bonchev–Trinajstić information content (AvgIpc) is 3.30. The number of hydrogen-bond acceptors (Lipinski definition) is 7. The topological polar surface area (TPSA) is 68.7 Å². The van der Waals surface area contributed by atoms with Crippen LogP contribution in [0.2, 0.25) is 0 Å². The third kappa shape index (κ3) is 4.34. The molecule has 8 heteroatoms. The van der Waals surface area contributed by atoms with Gasteiger partial charge in [0.1, 0.15) is 0 Å². The molecule has 0 unspecified atom stereocenters. The number of anilines is 1. The summed E-state index contributed by atoms with van der Waals surface area (Å²) in [6.07, 6.45) is 1.13. The Morgan fingerprint density at radius 3 is 2.41 bits per heavy atom. The van der Waals surface area contributed by atoms with Gasteiger partial charge in [-0.3, -0.25) is 0 Å². The number of benzene rings is 2. The van der Waals surface area contributed by atoms with Gasteiger partial charge in [-0.25, -0.2) is 13.4 Å². The molecule has 1 aliphatic heterocycles. The number of hydrogen-bond donors (Lipinski definition) is 0. The van der Waals surface area contributed by atoms with Gasteiger partial charge < -0.3 is 14.4 Å². The van der Waals surface area contributed by atoms with Gasteiger partial charge in [-0.05, 0) is 50.5 Å². The van der Waals surface area contributed by atoms with Crippen LogP contribution in [0.25, 0.3) is 11.3 Å². The molecule has 1 aliphatic rings. The van der Waals surface area contributed by atoms with E-state index in [9.17, 15) is 8.42 Å². The summed E-state index contributed by atoms with van der Waals surface area (Å²) in [7, 11) is -0.412.